The molecule has 0 spiro atoms. The molecule has 14 heavy (non-hydrogen) atoms. The Morgan fingerprint density at radius 1 is 1.21 bits per heavy atom. The fourth-order valence-corrected chi connectivity index (χ4v) is 1.49. The van der Waals surface area contributed by atoms with Crippen LogP contribution in [0.5, 0.6) is 0 Å². The van der Waals surface area contributed by atoms with E-state index in [9.17, 15) is 0 Å². The molecule has 0 amide bonds. The molecule has 0 aliphatic rings. The molecule has 0 aromatic heterocycles. The number of hydrogen-bond acceptors (Lipinski definition) is 0. The van der Waals surface area contributed by atoms with Gasteiger partial charge in [0.25, 0.3) is 0 Å². The van der Waals surface area contributed by atoms with E-state index in [0.717, 1.165) is 5.56 Å². The highest BCUT2D eigenvalue weighted by atomic mass is 28.3. The maximum Gasteiger partial charge on any atom is 0.155 e. The molecule has 0 aliphatic heterocycles. The molecule has 0 heterocycles. The molecular formula is C13H16Si. The van der Waals surface area contributed by atoms with Gasteiger partial charge in [-0.15, -0.1) is 12.1 Å². The Bertz CT molecular complexity index is 374. The Labute approximate surface area is 87.7 Å². The molecular weight excluding hydrogens is 184 g/mol. The van der Waals surface area contributed by atoms with Crippen molar-refractivity contribution < 1.29 is 0 Å². The topological polar surface area (TPSA) is 0 Å². The first-order valence-electron chi connectivity index (χ1n) is 4.77. The molecule has 0 radical (unpaired) electrons. The summed E-state index contributed by atoms with van der Waals surface area (Å²) in [6.45, 7) is 10.3. The Morgan fingerprint density at radius 2 is 1.79 bits per heavy atom. The molecule has 0 aliphatic carbocycles. The molecule has 0 saturated carbocycles. The summed E-state index contributed by atoms with van der Waals surface area (Å²) in [6, 6.07) is 8.31. The van der Waals surface area contributed by atoms with Crippen LogP contribution in [0.3, 0.4) is 0 Å². The van der Waals surface area contributed by atoms with Gasteiger partial charge in [0.15, 0.2) is 8.07 Å². The maximum atomic E-state index is 3.82. The highest BCUT2D eigenvalue weighted by Crippen LogP contribution is 2.04. The van der Waals surface area contributed by atoms with Crippen LogP contribution in [-0.2, 0) is 0 Å². The van der Waals surface area contributed by atoms with Crippen molar-refractivity contribution in [1.29, 1.82) is 0 Å². The van der Waals surface area contributed by atoms with E-state index in [1.807, 2.05) is 5.70 Å². The zero-order valence-electron chi connectivity index (χ0n) is 9.09. The first-order chi connectivity index (χ1) is 6.53. The first kappa shape index (κ1) is 10.8. The molecule has 1 heteroatoms. The van der Waals surface area contributed by atoms with Gasteiger partial charge in [-0.2, -0.15) is 0 Å². The summed E-state index contributed by atoms with van der Waals surface area (Å²) >= 11 is 0. The van der Waals surface area contributed by atoms with Gasteiger partial charge in [0.05, 0.1) is 0 Å². The second kappa shape index (κ2) is 4.30. The highest BCUT2D eigenvalue weighted by Gasteiger charge is 2.10. The zero-order valence-corrected chi connectivity index (χ0v) is 10.1. The van der Waals surface area contributed by atoms with Gasteiger partial charge in [-0.1, -0.05) is 42.4 Å². The standard InChI is InChI=1S/C13H16Si/c1-5-14(3,4)11-10-13-8-6-12(2)7-9-13/h5-9H,1H2,2-4H3. The average Bonchev–Trinajstić information content (AvgIpc) is 2.17. The number of hydrogen-bond donors (Lipinski definition) is 0. The summed E-state index contributed by atoms with van der Waals surface area (Å²) in [5, 5.41) is 0. The summed E-state index contributed by atoms with van der Waals surface area (Å²) in [5.74, 6) is 3.20. The third-order valence-electron chi connectivity index (χ3n) is 2.09. The predicted octanol–water partition coefficient (Wildman–Crippen LogP) is 3.32. The van der Waals surface area contributed by atoms with Crippen LogP contribution in [-0.4, -0.2) is 8.07 Å². The minimum absolute atomic E-state index is 1.10. The van der Waals surface area contributed by atoms with Crippen LogP contribution < -0.4 is 0 Å². The van der Waals surface area contributed by atoms with E-state index in [2.05, 4.69) is 62.3 Å². The minimum atomic E-state index is -1.47. The molecule has 0 saturated heterocycles. The molecule has 0 fully saturated rings. The fraction of sp³-hybridized carbons (Fsp3) is 0.231. The van der Waals surface area contributed by atoms with Gasteiger partial charge >= 0.3 is 0 Å². The molecule has 0 bridgehead atoms. The second-order valence-corrected chi connectivity index (χ2v) is 8.14. The quantitative estimate of drug-likeness (QED) is 0.482. The first-order valence-corrected chi connectivity index (χ1v) is 7.85. The zero-order chi connectivity index (χ0) is 10.6. The smallest absolute Gasteiger partial charge is 0.121 e. The van der Waals surface area contributed by atoms with E-state index in [1.54, 1.807) is 0 Å². The molecule has 0 atom stereocenters. The van der Waals surface area contributed by atoms with Crippen molar-refractivity contribution >= 4 is 8.07 Å². The van der Waals surface area contributed by atoms with E-state index >= 15 is 0 Å². The Morgan fingerprint density at radius 3 is 2.29 bits per heavy atom. The molecule has 0 nitrogen and oxygen atoms in total. The van der Waals surface area contributed by atoms with Gasteiger partial charge in [0, 0.05) is 5.56 Å². The van der Waals surface area contributed by atoms with E-state index < -0.39 is 8.07 Å². The normalized spacial score (nSPS) is 10.2. The van der Waals surface area contributed by atoms with Crippen molar-refractivity contribution in [3.63, 3.8) is 0 Å². The van der Waals surface area contributed by atoms with E-state index in [-0.39, 0.29) is 0 Å². The summed E-state index contributed by atoms with van der Waals surface area (Å²) < 4.78 is 0. The summed E-state index contributed by atoms with van der Waals surface area (Å²) in [6.07, 6.45) is 0. The molecule has 0 unspecified atom stereocenters. The van der Waals surface area contributed by atoms with Crippen molar-refractivity contribution in [1.82, 2.24) is 0 Å². The number of rotatable bonds is 1. The van der Waals surface area contributed by atoms with Gasteiger partial charge < -0.3 is 0 Å². The SMILES string of the molecule is C=C[Si](C)(C)C#Cc1ccc(C)cc1. The lowest BCUT2D eigenvalue weighted by molar-refractivity contribution is 1.46. The van der Waals surface area contributed by atoms with Crippen LogP contribution in [0.15, 0.2) is 36.5 Å². The monoisotopic (exact) mass is 200 g/mol. The lowest BCUT2D eigenvalue weighted by Crippen LogP contribution is -2.19. The number of aryl methyl sites for hydroxylation is 1. The molecule has 0 N–H and O–H groups in total. The van der Waals surface area contributed by atoms with Gasteiger partial charge in [0.2, 0.25) is 0 Å². The molecule has 1 aromatic rings. The van der Waals surface area contributed by atoms with Crippen LogP contribution in [0, 0.1) is 18.4 Å². The summed E-state index contributed by atoms with van der Waals surface area (Å²) in [7, 11) is -1.47. The molecule has 1 rings (SSSR count). The number of benzene rings is 1. The average molecular weight is 200 g/mol. The molecule has 1 aromatic carbocycles. The molecule has 72 valence electrons. The van der Waals surface area contributed by atoms with Crippen molar-refractivity contribution in [2.75, 3.05) is 0 Å². The summed E-state index contributed by atoms with van der Waals surface area (Å²) in [5.41, 5.74) is 7.69. The Balaban J connectivity index is 2.88. The predicted molar refractivity (Wildman–Crippen MR) is 65.7 cm³/mol. The van der Waals surface area contributed by atoms with E-state index in [0.29, 0.717) is 0 Å². The van der Waals surface area contributed by atoms with Crippen LogP contribution >= 0.6 is 0 Å². The second-order valence-electron chi connectivity index (χ2n) is 4.04. The lowest BCUT2D eigenvalue weighted by Gasteiger charge is -2.05. The van der Waals surface area contributed by atoms with Crippen molar-refractivity contribution in [3.8, 4) is 11.5 Å². The summed E-state index contributed by atoms with van der Waals surface area (Å²) in [4.78, 5) is 0. The van der Waals surface area contributed by atoms with Crippen LogP contribution in [0.4, 0.5) is 0 Å². The Kier molecular flexibility index (Phi) is 3.32. The fourth-order valence-electron chi connectivity index (χ4n) is 0.921. The van der Waals surface area contributed by atoms with E-state index in [1.165, 1.54) is 5.56 Å². The van der Waals surface area contributed by atoms with E-state index in [4.69, 9.17) is 0 Å². The highest BCUT2D eigenvalue weighted by molar-refractivity contribution is 6.89. The maximum absolute atomic E-state index is 3.82. The van der Waals surface area contributed by atoms with Gasteiger partial charge in [0.1, 0.15) is 0 Å². The van der Waals surface area contributed by atoms with Gasteiger partial charge in [-0.3, -0.25) is 0 Å². The van der Waals surface area contributed by atoms with Crippen molar-refractivity contribution in [3.05, 3.63) is 47.7 Å². The Hall–Kier alpha value is -1.26. The van der Waals surface area contributed by atoms with Crippen LogP contribution in [0.1, 0.15) is 11.1 Å². The van der Waals surface area contributed by atoms with Gasteiger partial charge in [-0.05, 0) is 19.1 Å². The minimum Gasteiger partial charge on any atom is -0.121 e. The van der Waals surface area contributed by atoms with Crippen molar-refractivity contribution in [2.24, 2.45) is 0 Å². The van der Waals surface area contributed by atoms with Crippen molar-refractivity contribution in [2.45, 2.75) is 20.0 Å². The largest absolute Gasteiger partial charge is 0.155 e. The lowest BCUT2D eigenvalue weighted by atomic mass is 10.2. The van der Waals surface area contributed by atoms with Gasteiger partial charge in [-0.25, -0.2) is 0 Å². The van der Waals surface area contributed by atoms with Crippen LogP contribution in [0.2, 0.25) is 13.1 Å². The third kappa shape index (κ3) is 3.24. The van der Waals surface area contributed by atoms with Crippen LogP contribution in [0.25, 0.3) is 0 Å². The third-order valence-corrected chi connectivity index (χ3v) is 3.88.